The molecule has 4 atom stereocenters. The van der Waals surface area contributed by atoms with Gasteiger partial charge in [0, 0.05) is 27.7 Å². The Bertz CT molecular complexity index is 1530. The van der Waals surface area contributed by atoms with Gasteiger partial charge in [0.25, 0.3) is 5.91 Å². The van der Waals surface area contributed by atoms with Crippen LogP contribution >= 0.6 is 23.2 Å². The third kappa shape index (κ3) is 6.12. The van der Waals surface area contributed by atoms with Gasteiger partial charge in [-0.25, -0.2) is 4.79 Å². The minimum absolute atomic E-state index is 0.146. The molecule has 2 aliphatic rings. The highest BCUT2D eigenvalue weighted by Crippen LogP contribution is 2.47. The van der Waals surface area contributed by atoms with Crippen LogP contribution in [-0.4, -0.2) is 51.6 Å². The van der Waals surface area contributed by atoms with Crippen molar-refractivity contribution in [2.24, 2.45) is 0 Å². The van der Waals surface area contributed by atoms with Crippen molar-refractivity contribution in [2.45, 2.75) is 62.1 Å². The molecule has 3 aromatic rings. The first kappa shape index (κ1) is 30.9. The second-order valence-corrected chi connectivity index (χ2v) is 11.8. The van der Waals surface area contributed by atoms with Gasteiger partial charge in [0.2, 0.25) is 5.91 Å². The Hall–Kier alpha value is -3.53. The Labute approximate surface area is 257 Å². The number of halogens is 4. The molecule has 43 heavy (non-hydrogen) atoms. The van der Waals surface area contributed by atoms with Crippen LogP contribution < -0.4 is 5.32 Å². The summed E-state index contributed by atoms with van der Waals surface area (Å²) in [6.45, 7) is 0.146. The zero-order chi connectivity index (χ0) is 30.9. The van der Waals surface area contributed by atoms with E-state index in [1.54, 1.807) is 47.4 Å². The number of alkyl halides is 2. The zero-order valence-electron chi connectivity index (χ0n) is 23.0. The average Bonchev–Trinajstić information content (AvgIpc) is 2.98. The maximum atomic E-state index is 14.1. The lowest BCUT2D eigenvalue weighted by molar-refractivity contribution is -0.166. The van der Waals surface area contributed by atoms with Crippen molar-refractivity contribution in [3.8, 4) is 0 Å². The summed E-state index contributed by atoms with van der Waals surface area (Å²) < 4.78 is 27.6. The van der Waals surface area contributed by atoms with Crippen LogP contribution in [0.25, 0.3) is 0 Å². The number of aliphatic hydroxyl groups excluding tert-OH is 1. The molecule has 7 nitrogen and oxygen atoms in total. The Kier molecular flexibility index (Phi) is 9.06. The van der Waals surface area contributed by atoms with Crippen LogP contribution in [0.5, 0.6) is 0 Å². The van der Waals surface area contributed by atoms with E-state index in [9.17, 15) is 28.3 Å². The van der Waals surface area contributed by atoms with Gasteiger partial charge in [-0.3, -0.25) is 9.59 Å². The van der Waals surface area contributed by atoms with Gasteiger partial charge in [-0.05, 0) is 54.2 Å². The van der Waals surface area contributed by atoms with E-state index in [-0.39, 0.29) is 29.8 Å². The fourth-order valence-electron chi connectivity index (χ4n) is 6.13. The second-order valence-electron chi connectivity index (χ2n) is 10.9. The number of aliphatic hydroxyl groups is 1. The Balaban J connectivity index is 1.47. The minimum Gasteiger partial charge on any atom is -0.477 e. The summed E-state index contributed by atoms with van der Waals surface area (Å²) in [5.74, 6) is -7.78. The van der Waals surface area contributed by atoms with Gasteiger partial charge in [-0.15, -0.1) is 0 Å². The summed E-state index contributed by atoms with van der Waals surface area (Å²) >= 11 is 12.9. The first-order valence-electron chi connectivity index (χ1n) is 14.0. The van der Waals surface area contributed by atoms with Gasteiger partial charge < -0.3 is 20.4 Å². The Morgan fingerprint density at radius 3 is 2.35 bits per heavy atom. The van der Waals surface area contributed by atoms with E-state index < -0.39 is 41.6 Å². The molecule has 11 heteroatoms. The number of carboxylic acid groups (broad SMARTS) is 1. The highest BCUT2D eigenvalue weighted by atomic mass is 35.5. The van der Waals surface area contributed by atoms with Crippen molar-refractivity contribution in [3.63, 3.8) is 0 Å². The number of nitrogens with one attached hydrogen (secondary N) is 1. The molecule has 1 fully saturated rings. The predicted molar refractivity (Wildman–Crippen MR) is 158 cm³/mol. The fourth-order valence-corrected chi connectivity index (χ4v) is 6.65. The van der Waals surface area contributed by atoms with Crippen molar-refractivity contribution >= 4 is 41.0 Å². The Morgan fingerprint density at radius 1 is 0.977 bits per heavy atom. The molecule has 0 bridgehead atoms. The number of benzene rings is 3. The first-order valence-corrected chi connectivity index (χ1v) is 14.8. The second kappa shape index (κ2) is 12.6. The van der Waals surface area contributed by atoms with Crippen LogP contribution in [0.3, 0.4) is 0 Å². The van der Waals surface area contributed by atoms with E-state index in [1.807, 2.05) is 0 Å². The number of hydrogen-bond acceptors (Lipinski definition) is 4. The molecule has 0 saturated heterocycles. The monoisotopic (exact) mass is 630 g/mol. The van der Waals surface area contributed by atoms with Crippen molar-refractivity contribution < 1.29 is 33.4 Å². The number of amides is 2. The quantitative estimate of drug-likeness (QED) is 0.278. The summed E-state index contributed by atoms with van der Waals surface area (Å²) in [4.78, 5) is 40.6. The van der Waals surface area contributed by atoms with Gasteiger partial charge in [0.05, 0.1) is 24.1 Å². The zero-order valence-corrected chi connectivity index (χ0v) is 24.5. The number of rotatable bonds is 8. The maximum absolute atomic E-state index is 14.1. The first-order chi connectivity index (χ1) is 20.5. The lowest BCUT2D eigenvalue weighted by Crippen LogP contribution is -2.55. The molecule has 0 spiro atoms. The number of carbonyl (C=O) groups excluding carboxylic acids is 2. The summed E-state index contributed by atoms with van der Waals surface area (Å²) in [5, 5.41) is 23.4. The smallest absolute Gasteiger partial charge is 0.379 e. The summed E-state index contributed by atoms with van der Waals surface area (Å²) in [7, 11) is 0. The van der Waals surface area contributed by atoms with Crippen LogP contribution in [-0.2, 0) is 21.9 Å². The molecular weight excluding hydrogens is 601 g/mol. The molecule has 5 rings (SSSR count). The molecule has 226 valence electrons. The minimum atomic E-state index is -4.01. The standard InChI is InChI=1S/C32H30Cl2F2N2O5/c33-20-13-14-23(24(34)17-20)28-27(29(40)37-16-15-18-9-11-19(12-10-18)32(35,36)31(42)43)21-5-1-2-6-22(21)30(41)38(28)25-7-3-4-8-26(25)39/h1-2,5-6,9-14,17,25-28,39H,3-4,7-8,15-16H2,(H,37,40)(H,42,43)/t25-,26-,27+,28-/m0/s1. The van der Waals surface area contributed by atoms with Crippen LogP contribution in [0.15, 0.2) is 66.7 Å². The summed E-state index contributed by atoms with van der Waals surface area (Å²) in [6, 6.07) is 15.4. The van der Waals surface area contributed by atoms with Gasteiger partial charge in [-0.1, -0.05) is 84.6 Å². The van der Waals surface area contributed by atoms with Gasteiger partial charge >= 0.3 is 11.9 Å². The molecule has 0 radical (unpaired) electrons. The fraction of sp³-hybridized carbons (Fsp3) is 0.344. The molecular formula is C32H30Cl2F2N2O5. The predicted octanol–water partition coefficient (Wildman–Crippen LogP) is 6.11. The molecule has 3 N–H and O–H groups in total. The molecule has 0 aromatic heterocycles. The van der Waals surface area contributed by atoms with Gasteiger partial charge in [0.1, 0.15) is 0 Å². The van der Waals surface area contributed by atoms with Gasteiger partial charge in [0.15, 0.2) is 0 Å². The van der Waals surface area contributed by atoms with Crippen molar-refractivity contribution in [3.05, 3.63) is 105 Å². The average molecular weight is 632 g/mol. The molecule has 0 unspecified atom stereocenters. The Morgan fingerprint density at radius 2 is 1.67 bits per heavy atom. The highest BCUT2D eigenvalue weighted by molar-refractivity contribution is 6.35. The van der Waals surface area contributed by atoms with Crippen LogP contribution in [0.4, 0.5) is 8.78 Å². The van der Waals surface area contributed by atoms with E-state index in [2.05, 4.69) is 5.32 Å². The molecule has 1 heterocycles. The van der Waals surface area contributed by atoms with E-state index in [0.29, 0.717) is 40.1 Å². The maximum Gasteiger partial charge on any atom is 0.379 e. The topological polar surface area (TPSA) is 107 Å². The summed E-state index contributed by atoms with van der Waals surface area (Å²) in [5.41, 5.74) is 1.42. The number of aliphatic carboxylic acids is 1. The number of carboxylic acids is 1. The van der Waals surface area contributed by atoms with E-state index in [4.69, 9.17) is 28.3 Å². The highest BCUT2D eigenvalue weighted by Gasteiger charge is 2.49. The number of hydrogen-bond donors (Lipinski definition) is 3. The number of carbonyl (C=O) groups is 3. The van der Waals surface area contributed by atoms with Crippen LogP contribution in [0.1, 0.15) is 70.3 Å². The molecule has 3 aromatic carbocycles. The normalized spacial score (nSPS) is 22.2. The van der Waals surface area contributed by atoms with Crippen LogP contribution in [0.2, 0.25) is 10.0 Å². The van der Waals surface area contributed by atoms with Crippen molar-refractivity contribution in [1.82, 2.24) is 10.2 Å². The summed E-state index contributed by atoms with van der Waals surface area (Å²) in [6.07, 6.45) is 2.28. The molecule has 1 saturated carbocycles. The van der Waals surface area contributed by atoms with Gasteiger partial charge in [-0.2, -0.15) is 8.78 Å². The molecule has 1 aliphatic carbocycles. The third-order valence-corrected chi connectivity index (χ3v) is 8.85. The number of fused-ring (bicyclic) bond motifs is 1. The molecule has 1 aliphatic heterocycles. The van der Waals surface area contributed by atoms with E-state index in [1.165, 1.54) is 12.1 Å². The lowest BCUT2D eigenvalue weighted by Gasteiger charge is -2.48. The van der Waals surface area contributed by atoms with Crippen molar-refractivity contribution in [2.75, 3.05) is 6.54 Å². The molecule has 2 amide bonds. The SMILES string of the molecule is O=C(NCCc1ccc(C(F)(F)C(=O)O)cc1)[C@@H]1c2ccccc2C(=O)N([C@H]2CCCC[C@@H]2O)[C@H]1c1ccc(Cl)cc1Cl. The third-order valence-electron chi connectivity index (χ3n) is 8.29. The largest absolute Gasteiger partial charge is 0.477 e. The number of nitrogens with zero attached hydrogens (tertiary/aromatic N) is 1. The van der Waals surface area contributed by atoms with Crippen molar-refractivity contribution in [1.29, 1.82) is 0 Å². The lowest BCUT2D eigenvalue weighted by atomic mass is 9.76. The van der Waals surface area contributed by atoms with Crippen LogP contribution in [0, 0.1) is 0 Å². The van der Waals surface area contributed by atoms with E-state index in [0.717, 1.165) is 25.0 Å². The van der Waals surface area contributed by atoms with E-state index >= 15 is 0 Å².